The average Bonchev–Trinajstić information content (AvgIpc) is 2.90. The van der Waals surface area contributed by atoms with Crippen LogP contribution >= 0.6 is 0 Å². The van der Waals surface area contributed by atoms with Crippen molar-refractivity contribution in [3.05, 3.63) is 12.2 Å². The van der Waals surface area contributed by atoms with Gasteiger partial charge in [-0.05, 0) is 19.3 Å². The van der Waals surface area contributed by atoms with Crippen LogP contribution in [0.25, 0.3) is 0 Å². The molecular formula is C17H31NO. The normalized spacial score (nSPS) is 18.2. The topological polar surface area (TPSA) is 21.6 Å². The van der Waals surface area contributed by atoms with Crippen LogP contribution in [-0.2, 0) is 4.74 Å². The van der Waals surface area contributed by atoms with E-state index in [0.717, 1.165) is 30.9 Å². The first-order chi connectivity index (χ1) is 9.27. The van der Waals surface area contributed by atoms with Crippen molar-refractivity contribution in [3.8, 4) is 0 Å². The van der Waals surface area contributed by atoms with E-state index in [1.54, 1.807) is 0 Å². The summed E-state index contributed by atoms with van der Waals surface area (Å²) >= 11 is 0. The fourth-order valence-corrected chi connectivity index (χ4v) is 2.40. The van der Waals surface area contributed by atoms with Gasteiger partial charge in [-0.25, -0.2) is 4.99 Å². The molecule has 0 saturated carbocycles. The summed E-state index contributed by atoms with van der Waals surface area (Å²) in [5.41, 5.74) is 1.10. The quantitative estimate of drug-likeness (QED) is 0.466. The number of unbranched alkanes of at least 4 members (excludes halogenated alkanes) is 7. The summed E-state index contributed by atoms with van der Waals surface area (Å²) in [7, 11) is 0. The van der Waals surface area contributed by atoms with Gasteiger partial charge in [0.2, 0.25) is 5.90 Å². The third-order valence-electron chi connectivity index (χ3n) is 3.82. The van der Waals surface area contributed by atoms with Gasteiger partial charge in [0.05, 0.1) is 6.04 Å². The molecule has 0 aliphatic carbocycles. The van der Waals surface area contributed by atoms with Gasteiger partial charge in [0, 0.05) is 5.57 Å². The average molecular weight is 265 g/mol. The Balaban J connectivity index is 1.99. The molecule has 1 atom stereocenters. The van der Waals surface area contributed by atoms with E-state index in [2.05, 4.69) is 25.4 Å². The fraction of sp³-hybridized carbons (Fsp3) is 0.824. The summed E-state index contributed by atoms with van der Waals surface area (Å²) in [4.78, 5) is 4.55. The molecule has 19 heavy (non-hydrogen) atoms. The van der Waals surface area contributed by atoms with Crippen molar-refractivity contribution in [2.75, 3.05) is 6.61 Å². The highest BCUT2D eigenvalue weighted by atomic mass is 16.5. The zero-order valence-corrected chi connectivity index (χ0v) is 12.9. The first-order valence-electron chi connectivity index (χ1n) is 8.16. The number of nitrogens with zero attached hydrogens (tertiary/aromatic N) is 1. The highest BCUT2D eigenvalue weighted by Crippen LogP contribution is 2.17. The molecule has 1 unspecified atom stereocenters. The van der Waals surface area contributed by atoms with E-state index >= 15 is 0 Å². The number of ether oxygens (including phenoxy) is 1. The largest absolute Gasteiger partial charge is 0.475 e. The van der Waals surface area contributed by atoms with E-state index < -0.39 is 0 Å². The zero-order chi connectivity index (χ0) is 13.9. The standard InChI is InChI=1S/C17H31NO/c1-4-6-7-8-9-10-11-12-13-15(3)17-18-16(5-2)14-19-17/h16H,3-14H2,1-2H3. The molecule has 110 valence electrons. The van der Waals surface area contributed by atoms with Crippen molar-refractivity contribution >= 4 is 5.90 Å². The summed E-state index contributed by atoms with van der Waals surface area (Å²) in [6.45, 7) is 9.28. The van der Waals surface area contributed by atoms with Gasteiger partial charge in [0.15, 0.2) is 0 Å². The maximum atomic E-state index is 5.59. The number of rotatable bonds is 11. The van der Waals surface area contributed by atoms with Gasteiger partial charge in [-0.15, -0.1) is 0 Å². The first-order valence-corrected chi connectivity index (χ1v) is 8.16. The zero-order valence-electron chi connectivity index (χ0n) is 12.9. The lowest BCUT2D eigenvalue weighted by Crippen LogP contribution is -2.04. The number of hydrogen-bond acceptors (Lipinski definition) is 2. The third kappa shape index (κ3) is 6.79. The van der Waals surface area contributed by atoms with E-state index in [1.165, 1.54) is 51.4 Å². The molecule has 1 aliphatic heterocycles. The van der Waals surface area contributed by atoms with Crippen LogP contribution < -0.4 is 0 Å². The second-order valence-electron chi connectivity index (χ2n) is 5.64. The molecule has 0 aromatic carbocycles. The van der Waals surface area contributed by atoms with Crippen LogP contribution in [0.3, 0.4) is 0 Å². The molecule has 0 amide bonds. The minimum absolute atomic E-state index is 0.366. The summed E-state index contributed by atoms with van der Waals surface area (Å²) in [6, 6.07) is 0.366. The third-order valence-corrected chi connectivity index (χ3v) is 3.82. The van der Waals surface area contributed by atoms with E-state index in [4.69, 9.17) is 4.74 Å². The monoisotopic (exact) mass is 265 g/mol. The van der Waals surface area contributed by atoms with Crippen molar-refractivity contribution in [2.45, 2.75) is 84.1 Å². The summed E-state index contributed by atoms with van der Waals surface area (Å²) in [5, 5.41) is 0. The molecule has 2 heteroatoms. The van der Waals surface area contributed by atoms with Gasteiger partial charge < -0.3 is 4.74 Å². The Hall–Kier alpha value is -0.790. The minimum Gasteiger partial charge on any atom is -0.475 e. The Morgan fingerprint density at radius 2 is 1.74 bits per heavy atom. The Morgan fingerprint density at radius 3 is 2.32 bits per heavy atom. The van der Waals surface area contributed by atoms with Crippen molar-refractivity contribution in [1.82, 2.24) is 0 Å². The maximum absolute atomic E-state index is 5.59. The van der Waals surface area contributed by atoms with Gasteiger partial charge in [0.1, 0.15) is 6.61 Å². The molecule has 1 rings (SSSR count). The molecule has 0 saturated heterocycles. The van der Waals surface area contributed by atoms with Gasteiger partial charge in [0.25, 0.3) is 0 Å². The summed E-state index contributed by atoms with van der Waals surface area (Å²) < 4.78 is 5.59. The summed E-state index contributed by atoms with van der Waals surface area (Å²) in [6.07, 6.45) is 13.0. The van der Waals surface area contributed by atoms with E-state index in [-0.39, 0.29) is 0 Å². The van der Waals surface area contributed by atoms with E-state index in [0.29, 0.717) is 6.04 Å². The maximum Gasteiger partial charge on any atom is 0.211 e. The van der Waals surface area contributed by atoms with Crippen LogP contribution in [0, 0.1) is 0 Å². The fourth-order valence-electron chi connectivity index (χ4n) is 2.40. The van der Waals surface area contributed by atoms with E-state index in [9.17, 15) is 0 Å². The van der Waals surface area contributed by atoms with Crippen LogP contribution in [0.5, 0.6) is 0 Å². The van der Waals surface area contributed by atoms with Crippen molar-refractivity contribution < 1.29 is 4.74 Å². The second kappa shape index (κ2) is 10.1. The van der Waals surface area contributed by atoms with Gasteiger partial charge >= 0.3 is 0 Å². The van der Waals surface area contributed by atoms with Crippen LogP contribution in [0.1, 0.15) is 78.1 Å². The van der Waals surface area contributed by atoms with Crippen molar-refractivity contribution in [1.29, 1.82) is 0 Å². The molecule has 0 bridgehead atoms. The first kappa shape index (κ1) is 16.3. The Kier molecular flexibility index (Phi) is 8.61. The van der Waals surface area contributed by atoms with Crippen molar-refractivity contribution in [3.63, 3.8) is 0 Å². The summed E-state index contributed by atoms with van der Waals surface area (Å²) in [5.74, 6) is 0.829. The predicted molar refractivity (Wildman–Crippen MR) is 83.8 cm³/mol. The molecule has 2 nitrogen and oxygen atoms in total. The lowest BCUT2D eigenvalue weighted by molar-refractivity contribution is 0.313. The van der Waals surface area contributed by atoms with E-state index in [1.807, 2.05) is 0 Å². The molecule has 1 aliphatic rings. The van der Waals surface area contributed by atoms with Crippen LogP contribution in [0.15, 0.2) is 17.1 Å². The number of hydrogen-bond donors (Lipinski definition) is 0. The molecule has 0 spiro atoms. The minimum atomic E-state index is 0.366. The lowest BCUT2D eigenvalue weighted by Gasteiger charge is -2.05. The molecule has 0 aromatic heterocycles. The Morgan fingerprint density at radius 1 is 1.11 bits per heavy atom. The van der Waals surface area contributed by atoms with Crippen LogP contribution in [-0.4, -0.2) is 18.5 Å². The van der Waals surface area contributed by atoms with Crippen LogP contribution in [0.4, 0.5) is 0 Å². The van der Waals surface area contributed by atoms with Gasteiger partial charge in [-0.1, -0.05) is 65.4 Å². The van der Waals surface area contributed by atoms with Gasteiger partial charge in [-0.3, -0.25) is 0 Å². The lowest BCUT2D eigenvalue weighted by atomic mass is 10.0. The molecule has 0 aromatic rings. The highest BCUT2D eigenvalue weighted by Gasteiger charge is 2.18. The SMILES string of the molecule is C=C(CCCCCCCCCC)C1=NC(CC)CO1. The second-order valence-corrected chi connectivity index (χ2v) is 5.64. The molecule has 0 N–H and O–H groups in total. The Labute approximate surface area is 119 Å². The highest BCUT2D eigenvalue weighted by molar-refractivity contribution is 5.93. The van der Waals surface area contributed by atoms with Crippen LogP contribution in [0.2, 0.25) is 0 Å². The predicted octanol–water partition coefficient (Wildman–Crippen LogP) is 5.28. The number of aliphatic imine (C=N–C) groups is 1. The molecule has 0 radical (unpaired) electrons. The van der Waals surface area contributed by atoms with Crippen molar-refractivity contribution in [2.24, 2.45) is 4.99 Å². The molecular weight excluding hydrogens is 234 g/mol. The smallest absolute Gasteiger partial charge is 0.211 e. The molecule has 1 heterocycles. The Bertz CT molecular complexity index is 283. The molecule has 0 fully saturated rings. The van der Waals surface area contributed by atoms with Gasteiger partial charge in [-0.2, -0.15) is 0 Å².